The molecule has 0 aliphatic rings. The first-order valence-corrected chi connectivity index (χ1v) is 8.66. The second kappa shape index (κ2) is 7.04. The maximum absolute atomic E-state index is 5.52. The van der Waals surface area contributed by atoms with E-state index in [0.29, 0.717) is 17.5 Å². The van der Waals surface area contributed by atoms with Crippen molar-refractivity contribution in [2.45, 2.75) is 28.3 Å². The Balaban J connectivity index is 1.90. The third-order valence-corrected chi connectivity index (χ3v) is 5.58. The summed E-state index contributed by atoms with van der Waals surface area (Å²) in [7, 11) is 0. The van der Waals surface area contributed by atoms with E-state index in [4.69, 9.17) is 11.5 Å². The minimum absolute atomic E-state index is 0.138. The predicted octanol–water partition coefficient (Wildman–Crippen LogP) is 1.93. The topological polar surface area (TPSA) is 116 Å². The molecule has 108 valence electrons. The number of nitrogens with zero attached hydrogens (tertiary/aromatic N) is 5. The lowest BCUT2D eigenvalue weighted by molar-refractivity contribution is 0.749. The molecule has 0 bridgehead atoms. The molecule has 20 heavy (non-hydrogen) atoms. The van der Waals surface area contributed by atoms with Crippen molar-refractivity contribution < 1.29 is 0 Å². The predicted molar refractivity (Wildman–Crippen MR) is 83.7 cm³/mol. The Morgan fingerprint density at radius 2 is 1.60 bits per heavy atom. The molecule has 7 nitrogen and oxygen atoms in total. The van der Waals surface area contributed by atoms with E-state index < -0.39 is 0 Å². The molecule has 0 radical (unpaired) electrons. The van der Waals surface area contributed by atoms with Gasteiger partial charge in [0.2, 0.25) is 11.9 Å². The van der Waals surface area contributed by atoms with Gasteiger partial charge < -0.3 is 11.5 Å². The van der Waals surface area contributed by atoms with Crippen LogP contribution in [0.4, 0.5) is 11.9 Å². The first kappa shape index (κ1) is 15.3. The maximum atomic E-state index is 5.52. The Labute approximate surface area is 129 Å². The number of thioether (sulfide) groups is 2. The van der Waals surface area contributed by atoms with E-state index in [1.165, 1.54) is 11.8 Å². The number of aromatic nitrogens is 5. The van der Waals surface area contributed by atoms with E-state index >= 15 is 0 Å². The van der Waals surface area contributed by atoms with Crippen molar-refractivity contribution in [3.8, 4) is 0 Å². The molecule has 2 aromatic rings. The van der Waals surface area contributed by atoms with E-state index in [1.54, 1.807) is 23.1 Å². The third-order valence-electron chi connectivity index (χ3n) is 1.97. The van der Waals surface area contributed by atoms with Gasteiger partial charge in [0.05, 0.1) is 5.75 Å². The number of hydrogen-bond acceptors (Lipinski definition) is 10. The molecule has 0 aliphatic heterocycles. The van der Waals surface area contributed by atoms with Crippen LogP contribution in [0.25, 0.3) is 0 Å². The Kier molecular flexibility index (Phi) is 5.38. The van der Waals surface area contributed by atoms with E-state index in [9.17, 15) is 0 Å². The molecule has 0 saturated heterocycles. The van der Waals surface area contributed by atoms with Gasteiger partial charge in [0, 0.05) is 5.75 Å². The summed E-state index contributed by atoms with van der Waals surface area (Å²) in [5.74, 6) is 3.04. The SMILES string of the molecule is CC(C)CSc1nnc(SCc2nc(N)nc(N)n2)s1. The van der Waals surface area contributed by atoms with Crippen LogP contribution in [0.5, 0.6) is 0 Å². The van der Waals surface area contributed by atoms with Gasteiger partial charge in [-0.25, -0.2) is 0 Å². The molecule has 4 N–H and O–H groups in total. The second-order valence-electron chi connectivity index (χ2n) is 4.30. The van der Waals surface area contributed by atoms with E-state index in [2.05, 4.69) is 39.0 Å². The van der Waals surface area contributed by atoms with Crippen LogP contribution in [0.2, 0.25) is 0 Å². The molecular weight excluding hydrogens is 314 g/mol. The third kappa shape index (κ3) is 4.76. The lowest BCUT2D eigenvalue weighted by Crippen LogP contribution is -2.05. The van der Waals surface area contributed by atoms with Crippen molar-refractivity contribution in [2.75, 3.05) is 17.2 Å². The summed E-state index contributed by atoms with van der Waals surface area (Å²) in [6.45, 7) is 4.36. The van der Waals surface area contributed by atoms with Crippen LogP contribution < -0.4 is 11.5 Å². The van der Waals surface area contributed by atoms with Gasteiger partial charge in [-0.15, -0.1) is 10.2 Å². The summed E-state index contributed by atoms with van der Waals surface area (Å²) in [6, 6.07) is 0. The lowest BCUT2D eigenvalue weighted by atomic mass is 10.3. The van der Waals surface area contributed by atoms with Crippen LogP contribution in [0, 0.1) is 5.92 Å². The minimum Gasteiger partial charge on any atom is -0.368 e. The highest BCUT2D eigenvalue weighted by molar-refractivity contribution is 8.02. The molecule has 0 aromatic carbocycles. The normalized spacial score (nSPS) is 11.2. The molecule has 0 aliphatic carbocycles. The number of hydrogen-bond donors (Lipinski definition) is 2. The van der Waals surface area contributed by atoms with Crippen LogP contribution in [-0.2, 0) is 5.75 Å². The monoisotopic (exact) mass is 329 g/mol. The van der Waals surface area contributed by atoms with Crippen molar-refractivity contribution in [3.05, 3.63) is 5.82 Å². The summed E-state index contributed by atoms with van der Waals surface area (Å²) in [5.41, 5.74) is 11.0. The smallest absolute Gasteiger partial charge is 0.225 e. The summed E-state index contributed by atoms with van der Waals surface area (Å²) in [4.78, 5) is 11.8. The fourth-order valence-electron chi connectivity index (χ4n) is 1.20. The summed E-state index contributed by atoms with van der Waals surface area (Å²) < 4.78 is 1.87. The number of nitrogen functional groups attached to an aromatic ring is 2. The first-order chi connectivity index (χ1) is 9.52. The highest BCUT2D eigenvalue weighted by atomic mass is 32.2. The number of nitrogens with two attached hydrogens (primary N) is 2. The van der Waals surface area contributed by atoms with Gasteiger partial charge in [-0.3, -0.25) is 0 Å². The van der Waals surface area contributed by atoms with E-state index in [0.717, 1.165) is 14.4 Å². The molecule has 10 heteroatoms. The fourth-order valence-corrected chi connectivity index (χ4v) is 4.05. The molecule has 0 unspecified atom stereocenters. The molecular formula is C10H15N7S3. The number of rotatable bonds is 6. The molecule has 2 heterocycles. The van der Waals surface area contributed by atoms with Gasteiger partial charge in [0.1, 0.15) is 5.82 Å². The molecule has 0 amide bonds. The Morgan fingerprint density at radius 1 is 1.00 bits per heavy atom. The van der Waals surface area contributed by atoms with Crippen LogP contribution >= 0.6 is 34.9 Å². The quantitative estimate of drug-likeness (QED) is 0.766. The van der Waals surface area contributed by atoms with Gasteiger partial charge in [-0.2, -0.15) is 15.0 Å². The standard InChI is InChI=1S/C10H15N7S3/c1-5(2)3-18-9-16-17-10(20-9)19-4-6-13-7(11)15-8(12)14-6/h5H,3-4H2,1-2H3,(H4,11,12,13,14,15). The van der Waals surface area contributed by atoms with E-state index in [1.807, 2.05) is 0 Å². The highest BCUT2D eigenvalue weighted by Gasteiger charge is 2.08. The summed E-state index contributed by atoms with van der Waals surface area (Å²) in [5, 5.41) is 8.27. The molecule has 2 rings (SSSR count). The fraction of sp³-hybridized carbons (Fsp3) is 0.500. The summed E-state index contributed by atoms with van der Waals surface area (Å²) in [6.07, 6.45) is 0. The van der Waals surface area contributed by atoms with Crippen molar-refractivity contribution in [3.63, 3.8) is 0 Å². The zero-order valence-corrected chi connectivity index (χ0v) is 13.6. The Bertz CT molecular complexity index is 551. The van der Waals surface area contributed by atoms with Crippen LogP contribution in [-0.4, -0.2) is 30.9 Å². The van der Waals surface area contributed by atoms with Crippen molar-refractivity contribution >= 4 is 46.8 Å². The largest absolute Gasteiger partial charge is 0.368 e. The summed E-state index contributed by atoms with van der Waals surface area (Å²) >= 11 is 4.81. The van der Waals surface area contributed by atoms with Crippen molar-refractivity contribution in [2.24, 2.45) is 5.92 Å². The maximum Gasteiger partial charge on any atom is 0.225 e. The average molecular weight is 329 g/mol. The van der Waals surface area contributed by atoms with Gasteiger partial charge in [-0.05, 0) is 5.92 Å². The van der Waals surface area contributed by atoms with Crippen LogP contribution in [0.1, 0.15) is 19.7 Å². The average Bonchev–Trinajstić information content (AvgIpc) is 2.81. The van der Waals surface area contributed by atoms with Gasteiger partial charge in [0.15, 0.2) is 8.68 Å². The Hall–Kier alpha value is -1.13. The Morgan fingerprint density at radius 3 is 2.20 bits per heavy atom. The van der Waals surface area contributed by atoms with Gasteiger partial charge >= 0.3 is 0 Å². The highest BCUT2D eigenvalue weighted by Crippen LogP contribution is 2.30. The second-order valence-corrected chi connectivity index (χ2v) is 7.76. The van der Waals surface area contributed by atoms with Gasteiger partial charge in [-0.1, -0.05) is 48.7 Å². The molecule has 0 saturated carbocycles. The van der Waals surface area contributed by atoms with E-state index in [-0.39, 0.29) is 11.9 Å². The minimum atomic E-state index is 0.138. The first-order valence-electron chi connectivity index (χ1n) is 5.88. The van der Waals surface area contributed by atoms with Crippen molar-refractivity contribution in [1.82, 2.24) is 25.1 Å². The lowest BCUT2D eigenvalue weighted by Gasteiger charge is -2.00. The van der Waals surface area contributed by atoms with Crippen molar-refractivity contribution in [1.29, 1.82) is 0 Å². The zero-order chi connectivity index (χ0) is 14.5. The zero-order valence-electron chi connectivity index (χ0n) is 11.1. The molecule has 0 spiro atoms. The molecule has 0 atom stereocenters. The van der Waals surface area contributed by atoms with Crippen LogP contribution in [0.3, 0.4) is 0 Å². The van der Waals surface area contributed by atoms with Gasteiger partial charge in [0.25, 0.3) is 0 Å². The number of anilines is 2. The molecule has 0 fully saturated rings. The molecule has 2 aromatic heterocycles. The van der Waals surface area contributed by atoms with Crippen LogP contribution in [0.15, 0.2) is 8.68 Å².